The fourth-order valence-corrected chi connectivity index (χ4v) is 2.45. The summed E-state index contributed by atoms with van der Waals surface area (Å²) in [5, 5.41) is 5.36. The summed E-state index contributed by atoms with van der Waals surface area (Å²) in [6, 6.07) is 3.85. The van der Waals surface area contributed by atoms with Crippen molar-refractivity contribution >= 4 is 22.5 Å². The van der Waals surface area contributed by atoms with Gasteiger partial charge in [0.25, 0.3) is 0 Å². The van der Waals surface area contributed by atoms with Crippen LogP contribution in [-0.4, -0.2) is 25.6 Å². The molecule has 0 radical (unpaired) electrons. The molecular formula is C13H16N4S. The highest BCUT2D eigenvalue weighted by Gasteiger charge is 2.10. The molecule has 0 aliphatic rings. The lowest BCUT2D eigenvalue weighted by Gasteiger charge is -2.03. The zero-order valence-corrected chi connectivity index (χ0v) is 11.6. The number of aromatic nitrogens is 3. The summed E-state index contributed by atoms with van der Waals surface area (Å²) in [6.45, 7) is 4.12. The third-order valence-corrected chi connectivity index (χ3v) is 3.27. The van der Waals surface area contributed by atoms with Gasteiger partial charge in [-0.05, 0) is 24.8 Å². The molecule has 0 atom stereocenters. The smallest absolute Gasteiger partial charge is 0.107 e. The zero-order valence-electron chi connectivity index (χ0n) is 10.8. The van der Waals surface area contributed by atoms with Gasteiger partial charge in [0.15, 0.2) is 0 Å². The Hall–Kier alpha value is -1.62. The van der Waals surface area contributed by atoms with Gasteiger partial charge >= 0.3 is 0 Å². The Morgan fingerprint density at radius 3 is 2.89 bits per heavy atom. The van der Waals surface area contributed by atoms with Gasteiger partial charge in [-0.2, -0.15) is 5.10 Å². The maximum absolute atomic E-state index is 4.66. The highest BCUT2D eigenvalue weighted by atomic mass is 32.2. The van der Waals surface area contributed by atoms with E-state index in [0.29, 0.717) is 0 Å². The Morgan fingerprint density at radius 1 is 1.50 bits per heavy atom. The Kier molecular flexibility index (Phi) is 4.15. The van der Waals surface area contributed by atoms with Gasteiger partial charge in [-0.3, -0.25) is 9.67 Å². The van der Waals surface area contributed by atoms with E-state index in [2.05, 4.69) is 22.0 Å². The first-order chi connectivity index (χ1) is 8.70. The van der Waals surface area contributed by atoms with Crippen LogP contribution >= 0.6 is 11.8 Å². The molecule has 0 bridgehead atoms. The van der Waals surface area contributed by atoms with Crippen LogP contribution < -0.4 is 0 Å². The number of pyridine rings is 1. The van der Waals surface area contributed by atoms with E-state index in [4.69, 9.17) is 0 Å². The summed E-state index contributed by atoms with van der Waals surface area (Å²) < 4.78 is 1.82. The van der Waals surface area contributed by atoms with Crippen LogP contribution in [0.4, 0.5) is 5.69 Å². The van der Waals surface area contributed by atoms with Crippen LogP contribution in [0.3, 0.4) is 0 Å². The molecule has 2 aromatic rings. The number of nitrogens with zero attached hydrogens (tertiary/aromatic N) is 4. The van der Waals surface area contributed by atoms with Gasteiger partial charge in [0, 0.05) is 25.0 Å². The molecule has 4 nitrogen and oxygen atoms in total. The van der Waals surface area contributed by atoms with Gasteiger partial charge in [0.1, 0.15) is 5.04 Å². The lowest BCUT2D eigenvalue weighted by atomic mass is 10.3. The molecule has 0 aliphatic carbocycles. The van der Waals surface area contributed by atoms with E-state index in [1.54, 1.807) is 24.2 Å². The summed E-state index contributed by atoms with van der Waals surface area (Å²) in [5.74, 6) is 0.980. The van der Waals surface area contributed by atoms with Crippen LogP contribution in [-0.2, 0) is 7.05 Å². The second-order valence-electron chi connectivity index (χ2n) is 3.86. The summed E-state index contributed by atoms with van der Waals surface area (Å²) in [4.78, 5) is 8.74. The maximum Gasteiger partial charge on any atom is 0.107 e. The third kappa shape index (κ3) is 2.98. The topological polar surface area (TPSA) is 43.1 Å². The number of hydrogen-bond donors (Lipinski definition) is 0. The number of hydrogen-bond acceptors (Lipinski definition) is 4. The lowest BCUT2D eigenvalue weighted by Crippen LogP contribution is -1.96. The average molecular weight is 260 g/mol. The number of rotatable bonds is 3. The fourth-order valence-electron chi connectivity index (χ4n) is 1.65. The first-order valence-corrected chi connectivity index (χ1v) is 6.81. The standard InChI is InChI=1S/C13H16N4S/c1-4-18-13(12-9-17(3)16-10(12)2)15-11-6-5-7-14-8-11/h5-9H,4H2,1-3H3/b15-13-. The molecule has 0 spiro atoms. The van der Waals surface area contributed by atoms with Crippen molar-refractivity contribution in [1.29, 1.82) is 0 Å². The molecule has 18 heavy (non-hydrogen) atoms. The van der Waals surface area contributed by atoms with E-state index in [-0.39, 0.29) is 0 Å². The number of aliphatic imine (C=N–C) groups is 1. The molecule has 5 heteroatoms. The summed E-state index contributed by atoms with van der Waals surface area (Å²) in [6.07, 6.45) is 5.52. The van der Waals surface area contributed by atoms with Gasteiger partial charge in [-0.1, -0.05) is 6.92 Å². The van der Waals surface area contributed by atoms with Crippen molar-refractivity contribution in [2.75, 3.05) is 5.75 Å². The van der Waals surface area contributed by atoms with Crippen molar-refractivity contribution in [3.63, 3.8) is 0 Å². The minimum absolute atomic E-state index is 0.872. The maximum atomic E-state index is 4.66. The van der Waals surface area contributed by atoms with Crippen molar-refractivity contribution in [3.05, 3.63) is 42.0 Å². The van der Waals surface area contributed by atoms with Gasteiger partial charge in [0.2, 0.25) is 0 Å². The van der Waals surface area contributed by atoms with E-state index in [9.17, 15) is 0 Å². The summed E-state index contributed by atoms with van der Waals surface area (Å²) in [7, 11) is 1.93. The van der Waals surface area contributed by atoms with Crippen molar-refractivity contribution in [1.82, 2.24) is 14.8 Å². The Morgan fingerprint density at radius 2 is 2.33 bits per heavy atom. The van der Waals surface area contributed by atoms with E-state index < -0.39 is 0 Å². The largest absolute Gasteiger partial charge is 0.275 e. The van der Waals surface area contributed by atoms with Gasteiger partial charge in [-0.25, -0.2) is 4.99 Å². The Labute approximate surface area is 111 Å². The highest BCUT2D eigenvalue weighted by Crippen LogP contribution is 2.20. The van der Waals surface area contributed by atoms with Gasteiger partial charge in [0.05, 0.1) is 17.6 Å². The molecule has 0 unspecified atom stereocenters. The highest BCUT2D eigenvalue weighted by molar-refractivity contribution is 8.14. The molecular weight excluding hydrogens is 244 g/mol. The third-order valence-electron chi connectivity index (χ3n) is 2.40. The monoisotopic (exact) mass is 260 g/mol. The molecule has 0 amide bonds. The molecule has 2 rings (SSSR count). The normalized spacial score (nSPS) is 11.8. The second-order valence-corrected chi connectivity index (χ2v) is 5.12. The van der Waals surface area contributed by atoms with Gasteiger partial charge in [-0.15, -0.1) is 11.8 Å². The number of aryl methyl sites for hydroxylation is 2. The van der Waals surface area contributed by atoms with E-state index in [0.717, 1.165) is 27.7 Å². The van der Waals surface area contributed by atoms with Crippen LogP contribution in [0.2, 0.25) is 0 Å². The first-order valence-electron chi connectivity index (χ1n) is 5.83. The lowest BCUT2D eigenvalue weighted by molar-refractivity contribution is 0.756. The minimum Gasteiger partial charge on any atom is -0.275 e. The molecule has 0 N–H and O–H groups in total. The molecule has 0 saturated heterocycles. The van der Waals surface area contributed by atoms with Crippen LogP contribution in [0.25, 0.3) is 0 Å². The molecule has 0 aromatic carbocycles. The SMILES string of the molecule is CCS/C(=N\c1cccnc1)c1cn(C)nc1C. The molecule has 0 saturated carbocycles. The summed E-state index contributed by atoms with van der Waals surface area (Å²) >= 11 is 1.72. The molecule has 2 aromatic heterocycles. The van der Waals surface area contributed by atoms with Gasteiger partial charge < -0.3 is 0 Å². The Bertz CT molecular complexity index is 545. The molecule has 94 valence electrons. The average Bonchev–Trinajstić information content (AvgIpc) is 2.69. The Balaban J connectivity index is 2.40. The van der Waals surface area contributed by atoms with Crippen LogP contribution in [0.1, 0.15) is 18.2 Å². The van der Waals surface area contributed by atoms with E-state index >= 15 is 0 Å². The zero-order chi connectivity index (χ0) is 13.0. The van der Waals surface area contributed by atoms with Crippen molar-refractivity contribution in [3.8, 4) is 0 Å². The van der Waals surface area contributed by atoms with E-state index in [1.807, 2.05) is 37.0 Å². The van der Waals surface area contributed by atoms with E-state index in [1.165, 1.54) is 0 Å². The predicted octanol–water partition coefficient (Wildman–Crippen LogP) is 2.95. The molecule has 2 heterocycles. The fraction of sp³-hybridized carbons (Fsp3) is 0.308. The molecule has 0 fully saturated rings. The van der Waals surface area contributed by atoms with Crippen LogP contribution in [0.15, 0.2) is 35.7 Å². The first kappa shape index (κ1) is 12.8. The van der Waals surface area contributed by atoms with Crippen LogP contribution in [0, 0.1) is 6.92 Å². The van der Waals surface area contributed by atoms with Crippen molar-refractivity contribution in [2.45, 2.75) is 13.8 Å². The van der Waals surface area contributed by atoms with Crippen molar-refractivity contribution in [2.24, 2.45) is 12.0 Å². The second kappa shape index (κ2) is 5.82. The minimum atomic E-state index is 0.872. The van der Waals surface area contributed by atoms with Crippen LogP contribution in [0.5, 0.6) is 0 Å². The number of thioether (sulfide) groups is 1. The molecule has 0 aliphatic heterocycles. The summed E-state index contributed by atoms with van der Waals surface area (Å²) in [5.41, 5.74) is 2.96. The van der Waals surface area contributed by atoms with Crippen molar-refractivity contribution < 1.29 is 0 Å². The quantitative estimate of drug-likeness (QED) is 0.629. The predicted molar refractivity (Wildman–Crippen MR) is 76.5 cm³/mol.